The van der Waals surface area contributed by atoms with Crippen molar-refractivity contribution in [1.29, 1.82) is 0 Å². The zero-order valence-corrected chi connectivity index (χ0v) is 13.2. The minimum atomic E-state index is -4.57. The maximum atomic E-state index is 13.3. The lowest BCUT2D eigenvalue weighted by Gasteiger charge is -2.23. The van der Waals surface area contributed by atoms with E-state index in [1.165, 1.54) is 6.20 Å². The summed E-state index contributed by atoms with van der Waals surface area (Å²) in [5.41, 5.74) is -0.704. The molecule has 2 saturated heterocycles. The van der Waals surface area contributed by atoms with Gasteiger partial charge in [-0.25, -0.2) is 9.97 Å². The molecule has 1 spiro atoms. The number of anilines is 1. The molecule has 2 fully saturated rings. The van der Waals surface area contributed by atoms with Crippen molar-refractivity contribution in [2.45, 2.75) is 18.4 Å². The fourth-order valence-electron chi connectivity index (χ4n) is 3.03. The van der Waals surface area contributed by atoms with Crippen molar-refractivity contribution in [3.63, 3.8) is 0 Å². The summed E-state index contributed by atoms with van der Waals surface area (Å²) in [7, 11) is 0. The van der Waals surface area contributed by atoms with Crippen LogP contribution < -0.4 is 4.90 Å². The van der Waals surface area contributed by atoms with Crippen molar-refractivity contribution in [3.8, 4) is 11.5 Å². The Balaban J connectivity index is 1.72. The summed E-state index contributed by atoms with van der Waals surface area (Å²) in [5.74, 6) is -0.604. The van der Waals surface area contributed by atoms with Gasteiger partial charge in [0.25, 0.3) is 0 Å². The van der Waals surface area contributed by atoms with E-state index in [1.807, 2.05) is 0 Å². The first-order valence-corrected chi connectivity index (χ1v) is 7.86. The SMILES string of the molecule is FC(F)(F)c1cc(N2CCC3(C2)OCCO3)nc(-c2ccccn2)n1. The van der Waals surface area contributed by atoms with Crippen molar-refractivity contribution in [2.24, 2.45) is 0 Å². The number of alkyl halides is 3. The Morgan fingerprint density at radius 1 is 1.12 bits per heavy atom. The number of aromatic nitrogens is 3. The highest BCUT2D eigenvalue weighted by atomic mass is 19.4. The predicted octanol–water partition coefficient (Wildman–Crippen LogP) is 2.51. The number of ether oxygens (including phenoxy) is 2. The highest BCUT2D eigenvalue weighted by Gasteiger charge is 2.44. The highest BCUT2D eigenvalue weighted by molar-refractivity contribution is 5.54. The monoisotopic (exact) mass is 352 g/mol. The molecule has 132 valence electrons. The van der Waals surface area contributed by atoms with Crippen LogP contribution in [0, 0.1) is 0 Å². The molecule has 0 aromatic carbocycles. The number of hydrogen-bond donors (Lipinski definition) is 0. The molecule has 9 heteroatoms. The summed E-state index contributed by atoms with van der Waals surface area (Å²) < 4.78 is 51.0. The Labute approximate surface area is 141 Å². The van der Waals surface area contributed by atoms with E-state index >= 15 is 0 Å². The van der Waals surface area contributed by atoms with Crippen LogP contribution in [-0.2, 0) is 15.7 Å². The highest BCUT2D eigenvalue weighted by Crippen LogP contribution is 2.36. The third-order valence-corrected chi connectivity index (χ3v) is 4.23. The molecule has 0 atom stereocenters. The van der Waals surface area contributed by atoms with Gasteiger partial charge in [0.15, 0.2) is 17.3 Å². The van der Waals surface area contributed by atoms with Gasteiger partial charge in [0.1, 0.15) is 11.5 Å². The number of halogens is 3. The molecule has 0 saturated carbocycles. The summed E-state index contributed by atoms with van der Waals surface area (Å²) in [4.78, 5) is 13.7. The second-order valence-corrected chi connectivity index (χ2v) is 5.93. The van der Waals surface area contributed by atoms with E-state index in [0.717, 1.165) is 6.07 Å². The van der Waals surface area contributed by atoms with Gasteiger partial charge in [0.05, 0.1) is 19.8 Å². The molecule has 0 amide bonds. The van der Waals surface area contributed by atoms with E-state index in [-0.39, 0.29) is 17.3 Å². The molecule has 4 heterocycles. The van der Waals surface area contributed by atoms with Crippen LogP contribution in [0.2, 0.25) is 0 Å². The first kappa shape index (κ1) is 16.2. The number of nitrogens with zero attached hydrogens (tertiary/aromatic N) is 4. The molecular weight excluding hydrogens is 337 g/mol. The average molecular weight is 352 g/mol. The van der Waals surface area contributed by atoms with Crippen molar-refractivity contribution < 1.29 is 22.6 Å². The van der Waals surface area contributed by atoms with Crippen molar-refractivity contribution in [1.82, 2.24) is 15.0 Å². The molecule has 2 aliphatic rings. The predicted molar refractivity (Wildman–Crippen MR) is 81.7 cm³/mol. The first-order valence-electron chi connectivity index (χ1n) is 7.86. The number of rotatable bonds is 2. The Morgan fingerprint density at radius 2 is 1.92 bits per heavy atom. The van der Waals surface area contributed by atoms with Crippen LogP contribution in [0.25, 0.3) is 11.5 Å². The first-order chi connectivity index (χ1) is 12.0. The molecule has 0 bridgehead atoms. The van der Waals surface area contributed by atoms with Crippen molar-refractivity contribution in [3.05, 3.63) is 36.2 Å². The topological polar surface area (TPSA) is 60.4 Å². The molecule has 6 nitrogen and oxygen atoms in total. The van der Waals surface area contributed by atoms with Gasteiger partial charge in [0.2, 0.25) is 0 Å². The minimum absolute atomic E-state index is 0.0559. The lowest BCUT2D eigenvalue weighted by Crippen LogP contribution is -2.34. The fraction of sp³-hybridized carbons (Fsp3) is 0.438. The standard InChI is InChI=1S/C16H15F3N4O2/c17-16(18,19)12-9-13(22-14(21-12)11-3-1-2-5-20-11)23-6-4-15(10-23)24-7-8-25-15/h1-3,5,9H,4,6-8,10H2. The minimum Gasteiger partial charge on any atom is -0.351 e. The molecule has 4 rings (SSSR count). The van der Waals surface area contributed by atoms with E-state index in [2.05, 4.69) is 15.0 Å². The molecule has 0 aliphatic carbocycles. The summed E-state index contributed by atoms with van der Waals surface area (Å²) in [5, 5.41) is 0. The maximum absolute atomic E-state index is 13.3. The zero-order valence-electron chi connectivity index (χ0n) is 13.2. The van der Waals surface area contributed by atoms with Gasteiger partial charge >= 0.3 is 6.18 Å². The molecule has 2 aliphatic heterocycles. The molecule has 2 aromatic heterocycles. The van der Waals surface area contributed by atoms with E-state index in [1.54, 1.807) is 23.1 Å². The van der Waals surface area contributed by atoms with E-state index in [0.29, 0.717) is 32.7 Å². The third kappa shape index (κ3) is 3.16. The Bertz CT molecular complexity index is 764. The summed E-state index contributed by atoms with van der Waals surface area (Å²) in [6.07, 6.45) is -2.50. The summed E-state index contributed by atoms with van der Waals surface area (Å²) >= 11 is 0. The number of hydrogen-bond acceptors (Lipinski definition) is 6. The quantitative estimate of drug-likeness (QED) is 0.828. The van der Waals surface area contributed by atoms with Crippen LogP contribution in [-0.4, -0.2) is 47.0 Å². The Kier molecular flexibility index (Phi) is 3.84. The normalized spacial score (nSPS) is 19.7. The Morgan fingerprint density at radius 3 is 2.60 bits per heavy atom. The van der Waals surface area contributed by atoms with E-state index in [4.69, 9.17) is 9.47 Å². The van der Waals surface area contributed by atoms with E-state index in [9.17, 15) is 13.2 Å². The second kappa shape index (κ2) is 5.92. The van der Waals surface area contributed by atoms with Crippen LogP contribution in [0.3, 0.4) is 0 Å². The van der Waals surface area contributed by atoms with Gasteiger partial charge in [-0.3, -0.25) is 4.98 Å². The summed E-state index contributed by atoms with van der Waals surface area (Å²) in [6, 6.07) is 5.89. The van der Waals surface area contributed by atoms with Crippen LogP contribution in [0.15, 0.2) is 30.5 Å². The van der Waals surface area contributed by atoms with Crippen LogP contribution in [0.4, 0.5) is 19.0 Å². The van der Waals surface area contributed by atoms with Crippen molar-refractivity contribution in [2.75, 3.05) is 31.2 Å². The van der Waals surface area contributed by atoms with Crippen LogP contribution >= 0.6 is 0 Å². The number of pyridine rings is 1. The second-order valence-electron chi connectivity index (χ2n) is 5.93. The largest absolute Gasteiger partial charge is 0.433 e. The fourth-order valence-corrected chi connectivity index (χ4v) is 3.03. The van der Waals surface area contributed by atoms with Gasteiger partial charge in [-0.1, -0.05) is 6.07 Å². The third-order valence-electron chi connectivity index (χ3n) is 4.23. The molecule has 0 N–H and O–H groups in total. The van der Waals surface area contributed by atoms with Gasteiger partial charge in [-0.15, -0.1) is 0 Å². The van der Waals surface area contributed by atoms with Gasteiger partial charge in [0, 0.05) is 25.2 Å². The lowest BCUT2D eigenvalue weighted by atomic mass is 10.2. The van der Waals surface area contributed by atoms with E-state index < -0.39 is 17.7 Å². The zero-order chi connectivity index (χ0) is 17.5. The maximum Gasteiger partial charge on any atom is 0.433 e. The average Bonchev–Trinajstić information content (AvgIpc) is 3.25. The summed E-state index contributed by atoms with van der Waals surface area (Å²) in [6.45, 7) is 1.81. The van der Waals surface area contributed by atoms with Gasteiger partial charge in [-0.05, 0) is 12.1 Å². The van der Waals surface area contributed by atoms with Gasteiger partial charge in [-0.2, -0.15) is 13.2 Å². The molecular formula is C16H15F3N4O2. The van der Waals surface area contributed by atoms with Crippen LogP contribution in [0.5, 0.6) is 0 Å². The molecule has 0 unspecified atom stereocenters. The van der Waals surface area contributed by atoms with Crippen molar-refractivity contribution >= 4 is 5.82 Å². The van der Waals surface area contributed by atoms with Gasteiger partial charge < -0.3 is 14.4 Å². The lowest BCUT2D eigenvalue weighted by molar-refractivity contribution is -0.141. The smallest absolute Gasteiger partial charge is 0.351 e. The molecule has 2 aromatic rings. The molecule has 0 radical (unpaired) electrons. The van der Waals surface area contributed by atoms with Crippen LogP contribution in [0.1, 0.15) is 12.1 Å². The Hall–Kier alpha value is -2.26. The molecule has 25 heavy (non-hydrogen) atoms.